The van der Waals surface area contributed by atoms with Crippen LogP contribution < -0.4 is 20.1 Å². The molecule has 0 aliphatic heterocycles. The predicted octanol–water partition coefficient (Wildman–Crippen LogP) is 2.67. The van der Waals surface area contributed by atoms with Crippen LogP contribution in [0.2, 0.25) is 0 Å². The lowest BCUT2D eigenvalue weighted by Crippen LogP contribution is -2.03. The summed E-state index contributed by atoms with van der Waals surface area (Å²) in [6.45, 7) is 1.80. The Morgan fingerprint density at radius 3 is 2.62 bits per heavy atom. The quantitative estimate of drug-likeness (QED) is 0.706. The van der Waals surface area contributed by atoms with Gasteiger partial charge in [0.1, 0.15) is 17.3 Å². The van der Waals surface area contributed by atoms with E-state index in [2.05, 4.69) is 31.0 Å². The molecule has 0 unspecified atom stereocenters. The van der Waals surface area contributed by atoms with E-state index in [0.717, 1.165) is 0 Å². The van der Waals surface area contributed by atoms with Crippen LogP contribution in [-0.4, -0.2) is 34.6 Å². The zero-order chi connectivity index (χ0) is 16.9. The molecule has 2 heterocycles. The summed E-state index contributed by atoms with van der Waals surface area (Å²) in [5, 5.41) is 17.7. The van der Waals surface area contributed by atoms with E-state index >= 15 is 0 Å². The van der Waals surface area contributed by atoms with E-state index < -0.39 is 0 Å². The minimum absolute atomic E-state index is 0.287. The first-order chi connectivity index (χ1) is 11.7. The second-order valence-corrected chi connectivity index (χ2v) is 4.80. The molecule has 124 valence electrons. The van der Waals surface area contributed by atoms with Crippen LogP contribution in [0.1, 0.15) is 5.76 Å². The zero-order valence-electron chi connectivity index (χ0n) is 13.4. The fourth-order valence-electron chi connectivity index (χ4n) is 2.01. The zero-order valence-corrected chi connectivity index (χ0v) is 13.4. The molecule has 3 rings (SSSR count). The number of ether oxygens (including phenoxy) is 2. The molecule has 0 aliphatic rings. The first-order valence-corrected chi connectivity index (χ1v) is 7.07. The molecule has 1 aromatic carbocycles. The van der Waals surface area contributed by atoms with Gasteiger partial charge in [0.15, 0.2) is 11.6 Å². The van der Waals surface area contributed by atoms with Crippen molar-refractivity contribution < 1.29 is 14.0 Å². The minimum Gasteiger partial charge on any atom is -0.497 e. The van der Waals surface area contributed by atoms with Gasteiger partial charge < -0.3 is 24.6 Å². The summed E-state index contributed by atoms with van der Waals surface area (Å²) in [6, 6.07) is 7.14. The van der Waals surface area contributed by atoms with E-state index in [-0.39, 0.29) is 5.95 Å². The van der Waals surface area contributed by atoms with Crippen LogP contribution >= 0.6 is 0 Å². The number of hydrogen-bond acceptors (Lipinski definition) is 9. The highest BCUT2D eigenvalue weighted by atomic mass is 16.5. The average Bonchev–Trinajstić information content (AvgIpc) is 3.00. The number of anilines is 4. The Morgan fingerprint density at radius 1 is 1.04 bits per heavy atom. The third-order valence-corrected chi connectivity index (χ3v) is 3.10. The van der Waals surface area contributed by atoms with E-state index in [0.29, 0.717) is 34.6 Å². The standard InChI is InChI=1S/C15H16N6O3/c1-9-6-13(21-24-9)18-15-19-14(8-16-20-15)17-11-7-10(22-2)4-5-12(11)23-3/h4-8H,1-3H3,(H2,17,18,19,20,21). The summed E-state index contributed by atoms with van der Waals surface area (Å²) in [4.78, 5) is 4.33. The molecule has 0 aliphatic carbocycles. The van der Waals surface area contributed by atoms with E-state index in [1.165, 1.54) is 6.20 Å². The van der Waals surface area contributed by atoms with Crippen LogP contribution in [0.5, 0.6) is 11.5 Å². The van der Waals surface area contributed by atoms with Gasteiger partial charge in [-0.05, 0) is 19.1 Å². The van der Waals surface area contributed by atoms with Crippen molar-refractivity contribution in [2.75, 3.05) is 24.9 Å². The lowest BCUT2D eigenvalue weighted by molar-refractivity contribution is 0.400. The molecule has 24 heavy (non-hydrogen) atoms. The molecule has 0 spiro atoms. The van der Waals surface area contributed by atoms with Gasteiger partial charge in [-0.25, -0.2) is 0 Å². The van der Waals surface area contributed by atoms with Gasteiger partial charge in [-0.1, -0.05) is 5.16 Å². The van der Waals surface area contributed by atoms with Crippen molar-refractivity contribution in [3.63, 3.8) is 0 Å². The molecular formula is C15H16N6O3. The number of nitrogens with one attached hydrogen (secondary N) is 2. The fraction of sp³-hybridized carbons (Fsp3) is 0.200. The van der Waals surface area contributed by atoms with E-state index in [1.807, 2.05) is 6.07 Å². The molecule has 0 saturated heterocycles. The first kappa shape index (κ1) is 15.5. The second kappa shape index (κ2) is 6.82. The van der Waals surface area contributed by atoms with Crippen LogP contribution in [0, 0.1) is 6.92 Å². The second-order valence-electron chi connectivity index (χ2n) is 4.80. The maximum absolute atomic E-state index is 5.33. The highest BCUT2D eigenvalue weighted by molar-refractivity contribution is 5.66. The number of aromatic nitrogens is 4. The van der Waals surface area contributed by atoms with Gasteiger partial charge in [-0.15, -0.1) is 5.10 Å². The van der Waals surface area contributed by atoms with Crippen LogP contribution in [0.4, 0.5) is 23.3 Å². The number of methoxy groups -OCH3 is 2. The Morgan fingerprint density at radius 2 is 1.92 bits per heavy atom. The number of rotatable bonds is 6. The Kier molecular flexibility index (Phi) is 4.41. The van der Waals surface area contributed by atoms with Crippen molar-refractivity contribution in [3.05, 3.63) is 36.2 Å². The van der Waals surface area contributed by atoms with E-state index in [1.54, 1.807) is 39.3 Å². The van der Waals surface area contributed by atoms with Crippen LogP contribution in [-0.2, 0) is 0 Å². The van der Waals surface area contributed by atoms with Gasteiger partial charge in [-0.2, -0.15) is 10.1 Å². The van der Waals surface area contributed by atoms with Crippen LogP contribution in [0.3, 0.4) is 0 Å². The molecule has 0 fully saturated rings. The molecule has 2 N–H and O–H groups in total. The van der Waals surface area contributed by atoms with Gasteiger partial charge in [0.05, 0.1) is 26.1 Å². The number of aryl methyl sites for hydroxylation is 1. The predicted molar refractivity (Wildman–Crippen MR) is 87.2 cm³/mol. The minimum atomic E-state index is 0.287. The van der Waals surface area contributed by atoms with Crippen LogP contribution in [0.25, 0.3) is 0 Å². The lowest BCUT2D eigenvalue weighted by atomic mass is 10.2. The molecule has 3 aromatic rings. The molecule has 9 heteroatoms. The topological polar surface area (TPSA) is 107 Å². The van der Waals surface area contributed by atoms with Crippen molar-refractivity contribution in [1.29, 1.82) is 0 Å². The molecular weight excluding hydrogens is 312 g/mol. The highest BCUT2D eigenvalue weighted by Crippen LogP contribution is 2.31. The largest absolute Gasteiger partial charge is 0.497 e. The number of nitrogens with zero attached hydrogens (tertiary/aromatic N) is 4. The molecule has 0 atom stereocenters. The average molecular weight is 328 g/mol. The monoisotopic (exact) mass is 328 g/mol. The van der Waals surface area contributed by atoms with Crippen LogP contribution in [0.15, 0.2) is 35.0 Å². The van der Waals surface area contributed by atoms with Crippen molar-refractivity contribution in [2.45, 2.75) is 6.92 Å². The SMILES string of the molecule is COc1ccc(OC)c(Nc2cnnc(Nc3cc(C)on3)n2)c1. The normalized spacial score (nSPS) is 10.3. The van der Waals surface area contributed by atoms with Gasteiger partial charge in [-0.3, -0.25) is 0 Å². The smallest absolute Gasteiger partial charge is 0.250 e. The molecule has 0 radical (unpaired) electrons. The Bertz CT molecular complexity index is 836. The summed E-state index contributed by atoms with van der Waals surface area (Å²) >= 11 is 0. The highest BCUT2D eigenvalue weighted by Gasteiger charge is 2.09. The maximum Gasteiger partial charge on any atom is 0.250 e. The maximum atomic E-state index is 5.33. The number of benzene rings is 1. The Labute approximate surface area is 138 Å². The van der Waals surface area contributed by atoms with Gasteiger partial charge in [0.2, 0.25) is 5.95 Å². The summed E-state index contributed by atoms with van der Waals surface area (Å²) in [6.07, 6.45) is 1.50. The fourth-order valence-corrected chi connectivity index (χ4v) is 2.01. The van der Waals surface area contributed by atoms with Gasteiger partial charge in [0.25, 0.3) is 0 Å². The van der Waals surface area contributed by atoms with Crippen molar-refractivity contribution in [1.82, 2.24) is 20.3 Å². The third kappa shape index (κ3) is 3.51. The number of hydrogen-bond donors (Lipinski definition) is 2. The Balaban J connectivity index is 1.82. The van der Waals surface area contributed by atoms with Gasteiger partial charge in [0, 0.05) is 12.1 Å². The Hall–Kier alpha value is -3.36. The molecule has 0 bridgehead atoms. The van der Waals surface area contributed by atoms with E-state index in [4.69, 9.17) is 14.0 Å². The van der Waals surface area contributed by atoms with Gasteiger partial charge >= 0.3 is 0 Å². The summed E-state index contributed by atoms with van der Waals surface area (Å²) < 4.78 is 15.5. The molecule has 0 saturated carbocycles. The molecule has 9 nitrogen and oxygen atoms in total. The summed E-state index contributed by atoms with van der Waals surface area (Å²) in [5.41, 5.74) is 0.695. The summed E-state index contributed by atoms with van der Waals surface area (Å²) in [7, 11) is 3.19. The molecule has 0 amide bonds. The lowest BCUT2D eigenvalue weighted by Gasteiger charge is -2.12. The van der Waals surface area contributed by atoms with Crippen molar-refractivity contribution >= 4 is 23.3 Å². The summed E-state index contributed by atoms with van der Waals surface area (Å²) in [5.74, 6) is 3.30. The first-order valence-electron chi connectivity index (χ1n) is 7.07. The third-order valence-electron chi connectivity index (χ3n) is 3.10. The van der Waals surface area contributed by atoms with Crippen molar-refractivity contribution in [3.8, 4) is 11.5 Å². The van der Waals surface area contributed by atoms with Crippen molar-refractivity contribution in [2.24, 2.45) is 0 Å². The van der Waals surface area contributed by atoms with E-state index in [9.17, 15) is 0 Å². The molecule has 2 aromatic heterocycles.